The van der Waals surface area contributed by atoms with Crippen LogP contribution in [0.4, 0.5) is 4.39 Å². The van der Waals surface area contributed by atoms with E-state index in [0.717, 1.165) is 16.3 Å². The fourth-order valence-electron chi connectivity index (χ4n) is 1.18. The second-order valence-corrected chi connectivity index (χ2v) is 4.98. The Morgan fingerprint density at radius 3 is 2.80 bits per heavy atom. The van der Waals surface area contributed by atoms with Crippen LogP contribution in [0.1, 0.15) is 5.69 Å². The molecule has 0 spiro atoms. The van der Waals surface area contributed by atoms with Crippen molar-refractivity contribution in [1.29, 1.82) is 0 Å². The van der Waals surface area contributed by atoms with Crippen molar-refractivity contribution < 1.29 is 4.39 Å². The maximum atomic E-state index is 13.1. The molecule has 5 heteroatoms. The summed E-state index contributed by atoms with van der Waals surface area (Å²) >= 11 is 10.4. The van der Waals surface area contributed by atoms with Crippen LogP contribution in [-0.2, 0) is 5.88 Å². The van der Waals surface area contributed by atoms with E-state index in [1.165, 1.54) is 23.5 Å². The van der Waals surface area contributed by atoms with Crippen LogP contribution in [0.5, 0.6) is 0 Å². The first-order chi connectivity index (χ1) is 7.19. The molecule has 0 fully saturated rings. The van der Waals surface area contributed by atoms with E-state index in [2.05, 4.69) is 20.9 Å². The molecule has 0 aliphatic heterocycles. The van der Waals surface area contributed by atoms with Gasteiger partial charge in [0.15, 0.2) is 0 Å². The third kappa shape index (κ3) is 2.56. The molecule has 0 bridgehead atoms. The first-order valence-electron chi connectivity index (χ1n) is 4.16. The van der Waals surface area contributed by atoms with Gasteiger partial charge in [0.1, 0.15) is 10.8 Å². The molecule has 2 aromatic rings. The molecule has 1 nitrogen and oxygen atoms in total. The van der Waals surface area contributed by atoms with Gasteiger partial charge < -0.3 is 0 Å². The Morgan fingerprint density at radius 1 is 1.40 bits per heavy atom. The van der Waals surface area contributed by atoms with Gasteiger partial charge in [-0.1, -0.05) is 15.9 Å². The largest absolute Gasteiger partial charge is 0.240 e. The summed E-state index contributed by atoms with van der Waals surface area (Å²) in [5, 5.41) is 2.66. The van der Waals surface area contributed by atoms with Crippen molar-refractivity contribution in [3.8, 4) is 10.6 Å². The number of halogens is 3. The Bertz CT molecular complexity index is 466. The molecule has 0 aliphatic carbocycles. The van der Waals surface area contributed by atoms with E-state index >= 15 is 0 Å². The number of thiazole rings is 1. The summed E-state index contributed by atoms with van der Waals surface area (Å²) in [5.74, 6) is 0.106. The van der Waals surface area contributed by atoms with Gasteiger partial charge in [0.25, 0.3) is 0 Å². The fourth-order valence-corrected chi connectivity index (χ4v) is 2.68. The third-order valence-electron chi connectivity index (χ3n) is 1.80. The molecule has 1 aromatic heterocycles. The van der Waals surface area contributed by atoms with Crippen LogP contribution in [0.15, 0.2) is 28.1 Å². The molecule has 0 amide bonds. The molecule has 78 valence electrons. The molecule has 0 atom stereocenters. The minimum absolute atomic E-state index is 0.276. The molecule has 0 N–H and O–H groups in total. The van der Waals surface area contributed by atoms with Crippen LogP contribution >= 0.6 is 38.9 Å². The van der Waals surface area contributed by atoms with E-state index in [9.17, 15) is 4.39 Å². The Morgan fingerprint density at radius 2 is 2.20 bits per heavy atom. The van der Waals surface area contributed by atoms with Crippen LogP contribution in [0.3, 0.4) is 0 Å². The van der Waals surface area contributed by atoms with Crippen molar-refractivity contribution in [2.75, 3.05) is 0 Å². The first kappa shape index (κ1) is 11.0. The van der Waals surface area contributed by atoms with E-state index in [4.69, 9.17) is 11.6 Å². The molecule has 0 aliphatic rings. The Hall–Kier alpha value is -0.450. The Labute approximate surface area is 104 Å². The van der Waals surface area contributed by atoms with Gasteiger partial charge in [-0.15, -0.1) is 22.9 Å². The van der Waals surface area contributed by atoms with E-state index in [1.807, 2.05) is 11.4 Å². The number of aromatic nitrogens is 1. The summed E-state index contributed by atoms with van der Waals surface area (Å²) in [7, 11) is 0. The molecule has 0 saturated heterocycles. The number of hydrogen-bond donors (Lipinski definition) is 0. The summed E-state index contributed by atoms with van der Waals surface area (Å²) in [6.45, 7) is 0. The molecule has 15 heavy (non-hydrogen) atoms. The zero-order valence-electron chi connectivity index (χ0n) is 7.51. The van der Waals surface area contributed by atoms with Crippen molar-refractivity contribution in [3.63, 3.8) is 0 Å². The molecule has 0 saturated carbocycles. The summed E-state index contributed by atoms with van der Waals surface area (Å²) in [6.07, 6.45) is 0. The smallest absolute Gasteiger partial charge is 0.125 e. The van der Waals surface area contributed by atoms with Crippen molar-refractivity contribution in [1.82, 2.24) is 4.98 Å². The highest BCUT2D eigenvalue weighted by molar-refractivity contribution is 9.10. The van der Waals surface area contributed by atoms with Crippen molar-refractivity contribution in [2.45, 2.75) is 5.88 Å². The zero-order valence-corrected chi connectivity index (χ0v) is 10.7. The molecule has 0 unspecified atom stereocenters. The van der Waals surface area contributed by atoms with Gasteiger partial charge in [0, 0.05) is 15.4 Å². The van der Waals surface area contributed by atoms with Gasteiger partial charge in [0.05, 0.1) is 11.6 Å². The third-order valence-corrected chi connectivity index (χ3v) is 3.47. The standard InChI is InChI=1S/C10H6BrClFNS/c11-7-1-6(2-8(13)3-7)10-14-9(4-12)5-15-10/h1-3,5H,4H2. The number of nitrogens with zero attached hydrogens (tertiary/aromatic N) is 1. The van der Waals surface area contributed by atoms with Gasteiger partial charge in [-0.25, -0.2) is 9.37 Å². The highest BCUT2D eigenvalue weighted by Crippen LogP contribution is 2.27. The number of rotatable bonds is 2. The second-order valence-electron chi connectivity index (χ2n) is 2.94. The maximum Gasteiger partial charge on any atom is 0.125 e. The highest BCUT2D eigenvalue weighted by atomic mass is 79.9. The van der Waals surface area contributed by atoms with E-state index in [-0.39, 0.29) is 5.82 Å². The molecule has 1 heterocycles. The quantitative estimate of drug-likeness (QED) is 0.747. The molecular weight excluding hydrogens is 301 g/mol. The van der Waals surface area contributed by atoms with Crippen LogP contribution in [0.2, 0.25) is 0 Å². The minimum Gasteiger partial charge on any atom is -0.240 e. The van der Waals surface area contributed by atoms with Crippen LogP contribution < -0.4 is 0 Å². The topological polar surface area (TPSA) is 12.9 Å². The number of benzene rings is 1. The van der Waals surface area contributed by atoms with Gasteiger partial charge in [-0.05, 0) is 18.2 Å². The summed E-state index contributed by atoms with van der Waals surface area (Å²) in [5.41, 5.74) is 1.58. The predicted molar refractivity (Wildman–Crippen MR) is 64.8 cm³/mol. The van der Waals surface area contributed by atoms with Crippen LogP contribution in [0, 0.1) is 5.82 Å². The summed E-state index contributed by atoms with van der Waals surface area (Å²) in [4.78, 5) is 4.28. The first-order valence-corrected chi connectivity index (χ1v) is 6.36. The lowest BCUT2D eigenvalue weighted by atomic mass is 10.2. The SMILES string of the molecule is Fc1cc(Br)cc(-c2nc(CCl)cs2)c1. The van der Waals surface area contributed by atoms with Crippen molar-refractivity contribution >= 4 is 38.9 Å². The van der Waals surface area contributed by atoms with Crippen molar-refractivity contribution in [3.05, 3.63) is 39.6 Å². The minimum atomic E-state index is -0.276. The highest BCUT2D eigenvalue weighted by Gasteiger charge is 2.06. The molecule has 2 rings (SSSR count). The average Bonchev–Trinajstić information content (AvgIpc) is 2.64. The average molecular weight is 307 g/mol. The lowest BCUT2D eigenvalue weighted by Gasteiger charge is -1.98. The molecule has 0 radical (unpaired) electrons. The van der Waals surface area contributed by atoms with E-state index in [0.29, 0.717) is 10.4 Å². The second kappa shape index (κ2) is 4.60. The normalized spacial score (nSPS) is 10.6. The number of hydrogen-bond acceptors (Lipinski definition) is 2. The van der Waals surface area contributed by atoms with Gasteiger partial charge in [-0.2, -0.15) is 0 Å². The monoisotopic (exact) mass is 305 g/mol. The van der Waals surface area contributed by atoms with Crippen LogP contribution in [-0.4, -0.2) is 4.98 Å². The van der Waals surface area contributed by atoms with E-state index < -0.39 is 0 Å². The van der Waals surface area contributed by atoms with Gasteiger partial charge in [0.2, 0.25) is 0 Å². The Balaban J connectivity index is 2.44. The summed E-state index contributed by atoms with van der Waals surface area (Å²) in [6, 6.07) is 4.71. The maximum absolute atomic E-state index is 13.1. The zero-order chi connectivity index (χ0) is 10.8. The van der Waals surface area contributed by atoms with Crippen molar-refractivity contribution in [2.24, 2.45) is 0 Å². The van der Waals surface area contributed by atoms with Gasteiger partial charge in [-0.3, -0.25) is 0 Å². The fraction of sp³-hybridized carbons (Fsp3) is 0.100. The van der Waals surface area contributed by atoms with Gasteiger partial charge >= 0.3 is 0 Å². The van der Waals surface area contributed by atoms with Crippen LogP contribution in [0.25, 0.3) is 10.6 Å². The lowest BCUT2D eigenvalue weighted by Crippen LogP contribution is -1.82. The number of alkyl halides is 1. The lowest BCUT2D eigenvalue weighted by molar-refractivity contribution is 0.627. The summed E-state index contributed by atoms with van der Waals surface area (Å²) < 4.78 is 13.8. The van der Waals surface area contributed by atoms with E-state index in [1.54, 1.807) is 0 Å². The molecule has 1 aromatic carbocycles. The molecular formula is C10H6BrClFNS. The Kier molecular flexibility index (Phi) is 3.38. The predicted octanol–water partition coefficient (Wildman–Crippen LogP) is 4.45.